The van der Waals surface area contributed by atoms with Crippen molar-refractivity contribution < 1.29 is 14.3 Å². The van der Waals surface area contributed by atoms with Crippen LogP contribution in [0.1, 0.15) is 26.2 Å². The zero-order chi connectivity index (χ0) is 13.2. The van der Waals surface area contributed by atoms with Crippen LogP contribution in [0, 0.1) is 0 Å². The van der Waals surface area contributed by atoms with Crippen LogP contribution in [0.3, 0.4) is 0 Å². The van der Waals surface area contributed by atoms with E-state index in [-0.39, 0.29) is 17.7 Å². The summed E-state index contributed by atoms with van der Waals surface area (Å²) in [4.78, 5) is 15.4. The minimum atomic E-state index is -0.0388. The van der Waals surface area contributed by atoms with E-state index >= 15 is 0 Å². The number of ether oxygens (including phenoxy) is 2. The molecule has 2 fully saturated rings. The zero-order valence-corrected chi connectivity index (χ0v) is 11.6. The number of nitrogens with zero attached hydrogens (tertiary/aromatic N) is 2. The molecule has 18 heavy (non-hydrogen) atoms. The molecule has 2 saturated heterocycles. The minimum Gasteiger partial charge on any atom is -0.376 e. The Bertz CT molecular complexity index is 299. The highest BCUT2D eigenvalue weighted by molar-refractivity contribution is 5.73. The maximum absolute atomic E-state index is 11.9. The van der Waals surface area contributed by atoms with Gasteiger partial charge in [0.15, 0.2) is 0 Å². The maximum Gasteiger partial charge on any atom is 0.319 e. The molecule has 2 aliphatic rings. The number of carbonyl (C=O) groups excluding carboxylic acids is 1. The minimum absolute atomic E-state index is 0.0388. The standard InChI is InChI=1S/C13H24N2O3/c1-4-17-11-9-13(18-10-11)5-7-15(8-6-13)12(16)14(2)3/h11H,4-10H2,1-3H3/t11-/m1/s1. The van der Waals surface area contributed by atoms with Crippen molar-refractivity contribution >= 4 is 6.03 Å². The van der Waals surface area contributed by atoms with Gasteiger partial charge in [-0.1, -0.05) is 0 Å². The van der Waals surface area contributed by atoms with Gasteiger partial charge >= 0.3 is 6.03 Å². The van der Waals surface area contributed by atoms with Crippen LogP contribution < -0.4 is 0 Å². The van der Waals surface area contributed by atoms with Gasteiger partial charge in [0.2, 0.25) is 0 Å². The molecule has 0 N–H and O–H groups in total. The van der Waals surface area contributed by atoms with Crippen molar-refractivity contribution in [2.45, 2.75) is 37.9 Å². The molecule has 2 rings (SSSR count). The molecule has 0 radical (unpaired) electrons. The summed E-state index contributed by atoms with van der Waals surface area (Å²) in [6.45, 7) is 5.04. The summed E-state index contributed by atoms with van der Waals surface area (Å²) in [5, 5.41) is 0. The molecule has 5 nitrogen and oxygen atoms in total. The fourth-order valence-electron chi connectivity index (χ4n) is 2.88. The average Bonchev–Trinajstić information content (AvgIpc) is 2.73. The second kappa shape index (κ2) is 5.45. The molecule has 5 heteroatoms. The molecular weight excluding hydrogens is 232 g/mol. The van der Waals surface area contributed by atoms with Crippen molar-refractivity contribution in [1.82, 2.24) is 9.80 Å². The van der Waals surface area contributed by atoms with Gasteiger partial charge in [-0.2, -0.15) is 0 Å². The van der Waals surface area contributed by atoms with Crippen LogP contribution >= 0.6 is 0 Å². The number of hydrogen-bond donors (Lipinski definition) is 0. The van der Waals surface area contributed by atoms with Crippen molar-refractivity contribution in [1.29, 1.82) is 0 Å². The van der Waals surface area contributed by atoms with E-state index in [9.17, 15) is 4.79 Å². The first-order valence-corrected chi connectivity index (χ1v) is 6.78. The lowest BCUT2D eigenvalue weighted by atomic mass is 9.88. The molecule has 2 amide bonds. The average molecular weight is 256 g/mol. The molecule has 0 aromatic heterocycles. The fourth-order valence-corrected chi connectivity index (χ4v) is 2.88. The zero-order valence-electron chi connectivity index (χ0n) is 11.6. The summed E-state index contributed by atoms with van der Waals surface area (Å²) in [5.41, 5.74) is -0.0388. The Kier molecular flexibility index (Phi) is 4.12. The third kappa shape index (κ3) is 2.78. The van der Waals surface area contributed by atoms with Crippen molar-refractivity contribution in [3.05, 3.63) is 0 Å². The second-order valence-electron chi connectivity index (χ2n) is 5.44. The molecule has 0 aromatic rings. The topological polar surface area (TPSA) is 42.0 Å². The Balaban J connectivity index is 1.85. The normalized spacial score (nSPS) is 26.6. The van der Waals surface area contributed by atoms with Gasteiger partial charge in [-0.15, -0.1) is 0 Å². The smallest absolute Gasteiger partial charge is 0.319 e. The highest BCUT2D eigenvalue weighted by Gasteiger charge is 2.43. The Morgan fingerprint density at radius 2 is 2.11 bits per heavy atom. The van der Waals surface area contributed by atoms with Crippen LogP contribution in [-0.2, 0) is 9.47 Å². The second-order valence-corrected chi connectivity index (χ2v) is 5.44. The highest BCUT2D eigenvalue weighted by Crippen LogP contribution is 2.37. The summed E-state index contributed by atoms with van der Waals surface area (Å²) in [6, 6.07) is 0.101. The summed E-state index contributed by atoms with van der Waals surface area (Å²) in [6.07, 6.45) is 3.07. The predicted octanol–water partition coefficient (Wildman–Crippen LogP) is 1.33. The molecule has 0 saturated carbocycles. The van der Waals surface area contributed by atoms with Crippen LogP contribution in [0.25, 0.3) is 0 Å². The molecule has 0 aliphatic carbocycles. The van der Waals surface area contributed by atoms with Crippen molar-refractivity contribution in [3.63, 3.8) is 0 Å². The monoisotopic (exact) mass is 256 g/mol. The van der Waals surface area contributed by atoms with Crippen LogP contribution in [0.4, 0.5) is 4.79 Å². The Labute approximate surface area is 109 Å². The number of likely N-dealkylation sites (tertiary alicyclic amines) is 1. The number of rotatable bonds is 2. The van der Waals surface area contributed by atoms with Crippen LogP contribution in [-0.4, -0.2) is 67.9 Å². The third-order valence-corrected chi connectivity index (χ3v) is 3.91. The van der Waals surface area contributed by atoms with Crippen molar-refractivity contribution in [3.8, 4) is 0 Å². The van der Waals surface area contributed by atoms with E-state index in [4.69, 9.17) is 9.47 Å². The van der Waals surface area contributed by atoms with E-state index in [0.717, 1.165) is 39.0 Å². The summed E-state index contributed by atoms with van der Waals surface area (Å²) in [5.74, 6) is 0. The quantitative estimate of drug-likeness (QED) is 0.748. The van der Waals surface area contributed by atoms with Crippen LogP contribution in [0.2, 0.25) is 0 Å². The number of hydrogen-bond acceptors (Lipinski definition) is 3. The van der Waals surface area contributed by atoms with Gasteiger partial charge in [0.1, 0.15) is 0 Å². The number of piperidine rings is 1. The number of urea groups is 1. The lowest BCUT2D eigenvalue weighted by Crippen LogP contribution is -2.49. The van der Waals surface area contributed by atoms with E-state index in [0.29, 0.717) is 6.61 Å². The molecule has 2 aliphatic heterocycles. The van der Waals surface area contributed by atoms with Gasteiger partial charge in [-0.25, -0.2) is 4.79 Å². The van der Waals surface area contributed by atoms with Gasteiger partial charge in [0, 0.05) is 40.2 Å². The molecule has 0 unspecified atom stereocenters. The van der Waals surface area contributed by atoms with E-state index in [1.54, 1.807) is 19.0 Å². The largest absolute Gasteiger partial charge is 0.376 e. The fraction of sp³-hybridized carbons (Fsp3) is 0.923. The molecule has 0 bridgehead atoms. The van der Waals surface area contributed by atoms with Gasteiger partial charge in [0.05, 0.1) is 18.3 Å². The summed E-state index contributed by atoms with van der Waals surface area (Å²) in [7, 11) is 3.59. The Morgan fingerprint density at radius 3 is 2.67 bits per heavy atom. The van der Waals surface area contributed by atoms with Gasteiger partial charge < -0.3 is 19.3 Å². The number of amides is 2. The Morgan fingerprint density at radius 1 is 1.44 bits per heavy atom. The van der Waals surface area contributed by atoms with Crippen molar-refractivity contribution in [2.24, 2.45) is 0 Å². The van der Waals surface area contributed by atoms with Gasteiger partial charge in [-0.3, -0.25) is 0 Å². The number of carbonyl (C=O) groups is 1. The third-order valence-electron chi connectivity index (χ3n) is 3.91. The van der Waals surface area contributed by atoms with E-state index in [1.807, 2.05) is 11.8 Å². The lowest BCUT2D eigenvalue weighted by molar-refractivity contribution is -0.0396. The maximum atomic E-state index is 11.9. The molecule has 0 aromatic carbocycles. The van der Waals surface area contributed by atoms with E-state index < -0.39 is 0 Å². The van der Waals surface area contributed by atoms with Crippen LogP contribution in [0.5, 0.6) is 0 Å². The van der Waals surface area contributed by atoms with E-state index in [2.05, 4.69) is 0 Å². The molecule has 1 atom stereocenters. The highest BCUT2D eigenvalue weighted by atomic mass is 16.6. The van der Waals surface area contributed by atoms with Gasteiger partial charge in [-0.05, 0) is 19.8 Å². The molecule has 2 heterocycles. The summed E-state index contributed by atoms with van der Waals surface area (Å²) < 4.78 is 11.6. The molecular formula is C13H24N2O3. The van der Waals surface area contributed by atoms with Crippen LogP contribution in [0.15, 0.2) is 0 Å². The van der Waals surface area contributed by atoms with Gasteiger partial charge in [0.25, 0.3) is 0 Å². The first kappa shape index (κ1) is 13.6. The molecule has 1 spiro atoms. The Hall–Kier alpha value is -0.810. The van der Waals surface area contributed by atoms with E-state index in [1.165, 1.54) is 0 Å². The summed E-state index contributed by atoms with van der Waals surface area (Å²) >= 11 is 0. The first-order chi connectivity index (χ1) is 8.56. The SMILES string of the molecule is CCO[C@H]1COC2(CCN(C(=O)N(C)C)CC2)C1. The predicted molar refractivity (Wildman–Crippen MR) is 68.6 cm³/mol. The first-order valence-electron chi connectivity index (χ1n) is 6.78. The van der Waals surface area contributed by atoms with Crippen molar-refractivity contribution in [2.75, 3.05) is 40.4 Å². The molecule has 104 valence electrons. The lowest BCUT2D eigenvalue weighted by Gasteiger charge is -2.39.